The molecule has 0 aromatic carbocycles. The fraction of sp³-hybridized carbons (Fsp3) is 0.857. The van der Waals surface area contributed by atoms with Crippen LogP contribution in [0.3, 0.4) is 0 Å². The van der Waals surface area contributed by atoms with Crippen LogP contribution in [0.1, 0.15) is 46.0 Å². The first-order valence-electron chi connectivity index (χ1n) is 7.19. The predicted molar refractivity (Wildman–Crippen MR) is 78.1 cm³/mol. The van der Waals surface area contributed by atoms with E-state index < -0.39 is 0 Å². The molecular weight excluding hydrogens is 260 g/mol. The molecule has 1 aliphatic carbocycles. The van der Waals surface area contributed by atoms with Gasteiger partial charge in [0.05, 0.1) is 12.5 Å². The Hall–Kier alpha value is -0.550. The van der Waals surface area contributed by atoms with Crippen molar-refractivity contribution in [3.63, 3.8) is 0 Å². The van der Waals surface area contributed by atoms with E-state index in [0.717, 1.165) is 6.42 Å². The third-order valence-electron chi connectivity index (χ3n) is 4.12. The molecule has 1 saturated heterocycles. The third-order valence-corrected chi connectivity index (χ3v) is 5.29. The third kappa shape index (κ3) is 3.14. The minimum atomic E-state index is -0.298. The predicted octanol–water partition coefficient (Wildman–Crippen LogP) is 1.79. The highest BCUT2D eigenvalue weighted by atomic mass is 32.2. The molecule has 1 N–H and O–H groups in total. The molecule has 1 saturated carbocycles. The minimum absolute atomic E-state index is 0.0329. The zero-order valence-corrected chi connectivity index (χ0v) is 12.8. The number of nitrogens with one attached hydrogen (secondary N) is 1. The highest BCUT2D eigenvalue weighted by molar-refractivity contribution is 7.99. The fourth-order valence-corrected chi connectivity index (χ4v) is 4.10. The van der Waals surface area contributed by atoms with Crippen molar-refractivity contribution in [1.29, 1.82) is 0 Å². The minimum Gasteiger partial charge on any atom is -0.302 e. The van der Waals surface area contributed by atoms with E-state index in [4.69, 9.17) is 0 Å². The van der Waals surface area contributed by atoms with Gasteiger partial charge in [-0.2, -0.15) is 11.8 Å². The topological polar surface area (TPSA) is 49.4 Å². The summed E-state index contributed by atoms with van der Waals surface area (Å²) in [5, 5.41) is 4.02. The summed E-state index contributed by atoms with van der Waals surface area (Å²) in [7, 11) is 0. The number of imide groups is 1. The van der Waals surface area contributed by atoms with Gasteiger partial charge >= 0.3 is 0 Å². The van der Waals surface area contributed by atoms with Crippen molar-refractivity contribution in [3.05, 3.63) is 0 Å². The second kappa shape index (κ2) is 6.27. The van der Waals surface area contributed by atoms with Gasteiger partial charge in [-0.05, 0) is 32.9 Å². The molecule has 2 amide bonds. The lowest BCUT2D eigenvalue weighted by Crippen LogP contribution is -2.49. The van der Waals surface area contributed by atoms with Crippen molar-refractivity contribution in [3.8, 4) is 0 Å². The van der Waals surface area contributed by atoms with Crippen molar-refractivity contribution < 1.29 is 9.59 Å². The Labute approximate surface area is 119 Å². The first-order valence-corrected chi connectivity index (χ1v) is 8.48. The number of rotatable bonds is 4. The molecule has 1 aliphatic heterocycles. The van der Waals surface area contributed by atoms with Crippen LogP contribution in [-0.4, -0.2) is 46.3 Å². The van der Waals surface area contributed by atoms with Gasteiger partial charge in [0.15, 0.2) is 0 Å². The quantitative estimate of drug-likeness (QED) is 0.800. The van der Waals surface area contributed by atoms with E-state index in [1.54, 1.807) is 0 Å². The van der Waals surface area contributed by atoms with E-state index in [0.29, 0.717) is 17.7 Å². The van der Waals surface area contributed by atoms with Crippen molar-refractivity contribution in [1.82, 2.24) is 10.2 Å². The Morgan fingerprint density at radius 3 is 2.53 bits per heavy atom. The molecule has 1 heterocycles. The standard InChI is InChI=1S/C14H24N2O2S/c1-9(2)16-13(17)8-11(14(16)18)15-10-6-4-5-7-12(10)19-3/h9-12,15H,4-8H2,1-3H3. The molecule has 2 fully saturated rings. The summed E-state index contributed by atoms with van der Waals surface area (Å²) < 4.78 is 0. The number of likely N-dealkylation sites (tertiary alicyclic amines) is 1. The highest BCUT2D eigenvalue weighted by Gasteiger charge is 2.41. The molecule has 0 aromatic heterocycles. The Balaban J connectivity index is 1.99. The number of nitrogens with zero attached hydrogens (tertiary/aromatic N) is 1. The van der Waals surface area contributed by atoms with E-state index >= 15 is 0 Å². The van der Waals surface area contributed by atoms with Gasteiger partial charge in [0.1, 0.15) is 0 Å². The molecule has 19 heavy (non-hydrogen) atoms. The Morgan fingerprint density at radius 2 is 1.95 bits per heavy atom. The first-order chi connectivity index (χ1) is 9.04. The van der Waals surface area contributed by atoms with E-state index in [-0.39, 0.29) is 23.9 Å². The van der Waals surface area contributed by atoms with Crippen LogP contribution < -0.4 is 5.32 Å². The number of amides is 2. The number of hydrogen-bond acceptors (Lipinski definition) is 4. The van der Waals surface area contributed by atoms with Gasteiger partial charge in [0.25, 0.3) is 0 Å². The van der Waals surface area contributed by atoms with Gasteiger partial charge in [-0.3, -0.25) is 14.5 Å². The summed E-state index contributed by atoms with van der Waals surface area (Å²) in [6, 6.07) is 0.0414. The maximum Gasteiger partial charge on any atom is 0.247 e. The van der Waals surface area contributed by atoms with Crippen molar-refractivity contribution in [2.24, 2.45) is 0 Å². The van der Waals surface area contributed by atoms with Crippen LogP contribution in [0.4, 0.5) is 0 Å². The molecular formula is C14H24N2O2S. The second-order valence-electron chi connectivity index (χ2n) is 5.78. The van der Waals surface area contributed by atoms with Crippen LogP contribution in [0.5, 0.6) is 0 Å². The van der Waals surface area contributed by atoms with Gasteiger partial charge in [0, 0.05) is 17.3 Å². The highest BCUT2D eigenvalue weighted by Crippen LogP contribution is 2.28. The Bertz CT molecular complexity index is 359. The Morgan fingerprint density at radius 1 is 1.26 bits per heavy atom. The van der Waals surface area contributed by atoms with E-state index in [9.17, 15) is 9.59 Å². The largest absolute Gasteiger partial charge is 0.302 e. The molecule has 2 rings (SSSR count). The molecule has 0 radical (unpaired) electrons. The smallest absolute Gasteiger partial charge is 0.247 e. The number of thioether (sulfide) groups is 1. The molecule has 5 heteroatoms. The average molecular weight is 284 g/mol. The monoisotopic (exact) mass is 284 g/mol. The molecule has 3 unspecified atom stereocenters. The molecule has 0 bridgehead atoms. The van der Waals surface area contributed by atoms with E-state index in [2.05, 4.69) is 11.6 Å². The number of hydrogen-bond donors (Lipinski definition) is 1. The summed E-state index contributed by atoms with van der Waals surface area (Å²) in [4.78, 5) is 25.6. The average Bonchev–Trinajstić information content (AvgIpc) is 2.65. The summed E-state index contributed by atoms with van der Waals surface area (Å²) in [5.41, 5.74) is 0. The van der Waals surface area contributed by atoms with Crippen molar-refractivity contribution in [2.45, 2.75) is 69.3 Å². The lowest BCUT2D eigenvalue weighted by Gasteiger charge is -2.32. The fourth-order valence-electron chi connectivity index (χ4n) is 3.15. The second-order valence-corrected chi connectivity index (χ2v) is 6.86. The van der Waals surface area contributed by atoms with Gasteiger partial charge < -0.3 is 5.32 Å². The summed E-state index contributed by atoms with van der Waals surface area (Å²) >= 11 is 1.87. The van der Waals surface area contributed by atoms with Crippen LogP contribution in [0, 0.1) is 0 Å². The maximum atomic E-state index is 12.3. The zero-order chi connectivity index (χ0) is 14.0. The Kier molecular flexibility index (Phi) is 4.90. The molecule has 0 aromatic rings. The molecule has 2 aliphatic rings. The molecule has 108 valence electrons. The van der Waals surface area contributed by atoms with E-state index in [1.807, 2.05) is 25.6 Å². The lowest BCUT2D eigenvalue weighted by atomic mass is 9.94. The normalized spacial score (nSPS) is 32.4. The van der Waals surface area contributed by atoms with Crippen LogP contribution in [0.15, 0.2) is 0 Å². The molecule has 3 atom stereocenters. The van der Waals surface area contributed by atoms with Gasteiger partial charge in [-0.15, -0.1) is 0 Å². The van der Waals surface area contributed by atoms with Crippen LogP contribution in [-0.2, 0) is 9.59 Å². The van der Waals surface area contributed by atoms with Crippen LogP contribution >= 0.6 is 11.8 Å². The summed E-state index contributed by atoms with van der Waals surface area (Å²) in [6.45, 7) is 3.78. The SMILES string of the molecule is CSC1CCCCC1NC1CC(=O)N(C(C)C)C1=O. The number of carbonyl (C=O) groups excluding carboxylic acids is 2. The maximum absolute atomic E-state index is 12.3. The van der Waals surface area contributed by atoms with Gasteiger partial charge in [-0.25, -0.2) is 0 Å². The molecule has 0 spiro atoms. The van der Waals surface area contributed by atoms with Crippen LogP contribution in [0.2, 0.25) is 0 Å². The van der Waals surface area contributed by atoms with Gasteiger partial charge in [0.2, 0.25) is 11.8 Å². The van der Waals surface area contributed by atoms with Crippen molar-refractivity contribution in [2.75, 3.05) is 6.26 Å². The number of carbonyl (C=O) groups is 2. The van der Waals surface area contributed by atoms with Gasteiger partial charge in [-0.1, -0.05) is 12.8 Å². The summed E-state index contributed by atoms with van der Waals surface area (Å²) in [6.07, 6.45) is 7.28. The first kappa shape index (κ1) is 14.9. The van der Waals surface area contributed by atoms with Crippen molar-refractivity contribution >= 4 is 23.6 Å². The zero-order valence-electron chi connectivity index (χ0n) is 12.0. The molecule has 4 nitrogen and oxygen atoms in total. The van der Waals surface area contributed by atoms with Crippen LogP contribution in [0.25, 0.3) is 0 Å². The lowest BCUT2D eigenvalue weighted by molar-refractivity contribution is -0.140. The van der Waals surface area contributed by atoms with E-state index in [1.165, 1.54) is 24.2 Å². The summed E-state index contributed by atoms with van der Waals surface area (Å²) in [5.74, 6) is -0.0700.